The SMILES string of the molecule is CCCCCCC(=Cn1ccnc1)c1ccccc1. The van der Waals surface area contributed by atoms with Crippen LogP contribution in [0.2, 0.25) is 0 Å². The van der Waals surface area contributed by atoms with E-state index in [1.54, 1.807) is 0 Å². The lowest BCUT2D eigenvalue weighted by atomic mass is 10.0. The van der Waals surface area contributed by atoms with Gasteiger partial charge in [0.25, 0.3) is 0 Å². The van der Waals surface area contributed by atoms with Crippen molar-refractivity contribution < 1.29 is 0 Å². The first-order chi connectivity index (χ1) is 9.40. The summed E-state index contributed by atoms with van der Waals surface area (Å²) in [5.74, 6) is 0. The molecule has 0 spiro atoms. The number of imidazole rings is 1. The number of aromatic nitrogens is 2. The van der Waals surface area contributed by atoms with Gasteiger partial charge in [0.1, 0.15) is 0 Å². The van der Waals surface area contributed by atoms with E-state index in [9.17, 15) is 0 Å². The fraction of sp³-hybridized carbons (Fsp3) is 0.353. The van der Waals surface area contributed by atoms with Crippen LogP contribution >= 0.6 is 0 Å². The lowest BCUT2D eigenvalue weighted by molar-refractivity contribution is 0.679. The van der Waals surface area contributed by atoms with Gasteiger partial charge < -0.3 is 4.57 Å². The lowest BCUT2D eigenvalue weighted by Gasteiger charge is -2.08. The molecule has 0 aliphatic heterocycles. The highest BCUT2D eigenvalue weighted by atomic mass is 15.0. The molecular formula is C17H22N2. The first kappa shape index (κ1) is 13.6. The Balaban J connectivity index is 2.10. The van der Waals surface area contributed by atoms with E-state index in [1.807, 2.05) is 23.3 Å². The number of hydrogen-bond donors (Lipinski definition) is 0. The van der Waals surface area contributed by atoms with Crippen LogP contribution in [0.25, 0.3) is 11.8 Å². The number of unbranched alkanes of at least 4 members (excludes halogenated alkanes) is 3. The molecule has 0 N–H and O–H groups in total. The van der Waals surface area contributed by atoms with Crippen molar-refractivity contribution in [3.63, 3.8) is 0 Å². The van der Waals surface area contributed by atoms with Crippen molar-refractivity contribution in [2.45, 2.75) is 39.0 Å². The lowest BCUT2D eigenvalue weighted by Crippen LogP contribution is -1.89. The van der Waals surface area contributed by atoms with E-state index in [0.717, 1.165) is 6.42 Å². The highest BCUT2D eigenvalue weighted by Crippen LogP contribution is 2.22. The van der Waals surface area contributed by atoms with E-state index in [2.05, 4.69) is 48.4 Å². The Morgan fingerprint density at radius 1 is 1.16 bits per heavy atom. The van der Waals surface area contributed by atoms with Gasteiger partial charge in [-0.05, 0) is 24.0 Å². The van der Waals surface area contributed by atoms with Crippen LogP contribution in [0.4, 0.5) is 0 Å². The molecule has 2 heteroatoms. The maximum absolute atomic E-state index is 4.10. The maximum atomic E-state index is 4.10. The molecule has 0 bridgehead atoms. The maximum Gasteiger partial charge on any atom is 0.0986 e. The average molecular weight is 254 g/mol. The molecule has 0 unspecified atom stereocenters. The second-order valence-electron chi connectivity index (χ2n) is 4.84. The molecule has 2 nitrogen and oxygen atoms in total. The van der Waals surface area contributed by atoms with Crippen molar-refractivity contribution in [1.82, 2.24) is 9.55 Å². The molecule has 1 aromatic heterocycles. The zero-order valence-corrected chi connectivity index (χ0v) is 11.6. The molecule has 0 atom stereocenters. The van der Waals surface area contributed by atoms with Gasteiger partial charge in [0.15, 0.2) is 0 Å². The molecule has 0 saturated heterocycles. The molecule has 2 rings (SSSR count). The summed E-state index contributed by atoms with van der Waals surface area (Å²) in [5.41, 5.74) is 2.70. The second kappa shape index (κ2) is 7.57. The minimum absolute atomic E-state index is 1.13. The number of benzene rings is 1. The predicted molar refractivity (Wildman–Crippen MR) is 81.6 cm³/mol. The predicted octanol–water partition coefficient (Wildman–Crippen LogP) is 4.85. The minimum Gasteiger partial charge on any atom is -0.313 e. The molecule has 0 radical (unpaired) electrons. The monoisotopic (exact) mass is 254 g/mol. The van der Waals surface area contributed by atoms with Crippen molar-refractivity contribution in [2.75, 3.05) is 0 Å². The number of hydrogen-bond acceptors (Lipinski definition) is 1. The molecule has 1 aromatic carbocycles. The van der Waals surface area contributed by atoms with Gasteiger partial charge in [0.05, 0.1) is 6.33 Å². The van der Waals surface area contributed by atoms with E-state index in [1.165, 1.54) is 36.8 Å². The Morgan fingerprint density at radius 3 is 2.68 bits per heavy atom. The van der Waals surface area contributed by atoms with E-state index in [0.29, 0.717) is 0 Å². The van der Waals surface area contributed by atoms with Crippen molar-refractivity contribution in [2.24, 2.45) is 0 Å². The van der Waals surface area contributed by atoms with Crippen LogP contribution in [-0.4, -0.2) is 9.55 Å². The summed E-state index contributed by atoms with van der Waals surface area (Å²) in [7, 11) is 0. The van der Waals surface area contributed by atoms with Gasteiger partial charge in [-0.1, -0.05) is 56.5 Å². The first-order valence-corrected chi connectivity index (χ1v) is 7.13. The minimum atomic E-state index is 1.13. The quantitative estimate of drug-likeness (QED) is 0.646. The number of nitrogens with zero attached hydrogens (tertiary/aromatic N) is 2. The Bertz CT molecular complexity index is 483. The van der Waals surface area contributed by atoms with Crippen molar-refractivity contribution in [3.05, 3.63) is 54.6 Å². The Morgan fingerprint density at radius 2 is 2.00 bits per heavy atom. The summed E-state index contributed by atoms with van der Waals surface area (Å²) < 4.78 is 2.03. The fourth-order valence-electron chi connectivity index (χ4n) is 2.20. The normalized spacial score (nSPS) is 11.7. The number of allylic oxidation sites excluding steroid dienone is 1. The van der Waals surface area contributed by atoms with Gasteiger partial charge in [-0.15, -0.1) is 0 Å². The summed E-state index contributed by atoms with van der Waals surface area (Å²) >= 11 is 0. The molecule has 0 saturated carbocycles. The van der Waals surface area contributed by atoms with Gasteiger partial charge in [-0.3, -0.25) is 0 Å². The molecular weight excluding hydrogens is 232 g/mol. The highest BCUT2D eigenvalue weighted by Gasteiger charge is 2.01. The third-order valence-corrected chi connectivity index (χ3v) is 3.27. The Labute approximate surface area is 115 Å². The van der Waals surface area contributed by atoms with E-state index in [-0.39, 0.29) is 0 Å². The van der Waals surface area contributed by atoms with Gasteiger partial charge in [0.2, 0.25) is 0 Å². The van der Waals surface area contributed by atoms with Crippen molar-refractivity contribution >= 4 is 11.8 Å². The van der Waals surface area contributed by atoms with E-state index < -0.39 is 0 Å². The van der Waals surface area contributed by atoms with Crippen LogP contribution in [0.1, 0.15) is 44.6 Å². The van der Waals surface area contributed by atoms with Gasteiger partial charge >= 0.3 is 0 Å². The average Bonchev–Trinajstić information content (AvgIpc) is 2.96. The van der Waals surface area contributed by atoms with Crippen molar-refractivity contribution in [1.29, 1.82) is 0 Å². The summed E-state index contributed by atoms with van der Waals surface area (Å²) in [4.78, 5) is 4.10. The number of rotatable bonds is 7. The van der Waals surface area contributed by atoms with Crippen LogP contribution in [0.5, 0.6) is 0 Å². The van der Waals surface area contributed by atoms with Gasteiger partial charge in [-0.25, -0.2) is 4.98 Å². The standard InChI is InChI=1S/C17H22N2/c1-2-3-4-6-11-17(14-19-13-12-18-15-19)16-9-7-5-8-10-16/h5,7-10,12-15H,2-4,6,11H2,1H3. The Kier molecular flexibility index (Phi) is 5.42. The molecule has 0 fully saturated rings. The molecule has 0 aliphatic rings. The zero-order chi connectivity index (χ0) is 13.3. The van der Waals surface area contributed by atoms with Crippen LogP contribution in [0, 0.1) is 0 Å². The summed E-state index contributed by atoms with van der Waals surface area (Å²) in [6, 6.07) is 10.6. The summed E-state index contributed by atoms with van der Waals surface area (Å²) in [5, 5.41) is 0. The van der Waals surface area contributed by atoms with Crippen LogP contribution in [0.3, 0.4) is 0 Å². The largest absolute Gasteiger partial charge is 0.313 e. The van der Waals surface area contributed by atoms with E-state index in [4.69, 9.17) is 0 Å². The summed E-state index contributed by atoms with van der Waals surface area (Å²) in [6.45, 7) is 2.25. The highest BCUT2D eigenvalue weighted by molar-refractivity contribution is 5.75. The van der Waals surface area contributed by atoms with Crippen LogP contribution in [0.15, 0.2) is 49.1 Å². The second-order valence-corrected chi connectivity index (χ2v) is 4.84. The third-order valence-electron chi connectivity index (χ3n) is 3.27. The zero-order valence-electron chi connectivity index (χ0n) is 11.6. The fourth-order valence-corrected chi connectivity index (χ4v) is 2.20. The molecule has 2 aromatic rings. The third kappa shape index (κ3) is 4.40. The molecule has 1 heterocycles. The molecule has 100 valence electrons. The molecule has 0 aliphatic carbocycles. The topological polar surface area (TPSA) is 17.8 Å². The van der Waals surface area contributed by atoms with Crippen LogP contribution < -0.4 is 0 Å². The van der Waals surface area contributed by atoms with Crippen molar-refractivity contribution in [3.8, 4) is 0 Å². The van der Waals surface area contributed by atoms with Gasteiger partial charge in [-0.2, -0.15) is 0 Å². The molecule has 19 heavy (non-hydrogen) atoms. The van der Waals surface area contributed by atoms with E-state index >= 15 is 0 Å². The Hall–Kier alpha value is -1.83. The van der Waals surface area contributed by atoms with Gasteiger partial charge in [0, 0.05) is 18.6 Å². The molecule has 0 amide bonds. The van der Waals surface area contributed by atoms with Crippen LogP contribution in [-0.2, 0) is 0 Å². The first-order valence-electron chi connectivity index (χ1n) is 7.13. The summed E-state index contributed by atoms with van der Waals surface area (Å²) in [6.07, 6.45) is 14.1. The smallest absolute Gasteiger partial charge is 0.0986 e.